The van der Waals surface area contributed by atoms with Crippen LogP contribution in [0.15, 0.2) is 42.7 Å². The second kappa shape index (κ2) is 18.2. The van der Waals surface area contributed by atoms with Crippen LogP contribution in [0.1, 0.15) is 39.5 Å². The molecule has 4 aromatic rings. The molecule has 3 aliphatic rings. The molecule has 3 saturated heterocycles. The number of nitrogens with one attached hydrogen (secondary N) is 5. The van der Waals surface area contributed by atoms with Gasteiger partial charge in [-0.05, 0) is 37.4 Å². The summed E-state index contributed by atoms with van der Waals surface area (Å²) in [6.07, 6.45) is -0.916. The first-order valence-electron chi connectivity index (χ1n) is 20.2. The van der Waals surface area contributed by atoms with Gasteiger partial charge in [0.25, 0.3) is 11.8 Å². The number of imidazole rings is 1. The van der Waals surface area contributed by atoms with Gasteiger partial charge in [0.1, 0.15) is 11.4 Å². The lowest BCUT2D eigenvalue weighted by molar-refractivity contribution is -0.929. The average Bonchev–Trinajstić information content (AvgIpc) is 3.83. The van der Waals surface area contributed by atoms with E-state index in [1.165, 1.54) is 36.0 Å². The standard InChI is InChI=1S/C40H48ClF3N12O5/c1-45-9-10-47-27-4-6-30(48-20-27)34-33(35(52-51-34)40(42,43)44)31-21-49-36(53(31)2)37(59)50-26-3-5-28(29(41)17-26)39(61)55-13-11-54(12-14-55)38(60)25-7-15-56(16-8-25,23-32(57)58)22-24-18-46-19-24/h3-6,17,20-21,24-25,45-46H,7-16,18-19,22-23H2,1-2H3,(H3-,47,48,49,50,51,52,57,58,59,61)/p+1. The number of quaternary nitrogens is 1. The van der Waals surface area contributed by atoms with E-state index in [1.807, 2.05) is 7.05 Å². The maximum absolute atomic E-state index is 14.3. The van der Waals surface area contributed by atoms with Gasteiger partial charge in [0.2, 0.25) is 5.91 Å². The van der Waals surface area contributed by atoms with Crippen LogP contribution in [0.5, 0.6) is 0 Å². The van der Waals surface area contributed by atoms with Gasteiger partial charge in [-0.2, -0.15) is 18.3 Å². The number of likely N-dealkylation sites (tertiary alicyclic amines) is 1. The summed E-state index contributed by atoms with van der Waals surface area (Å²) in [5, 5.41) is 27.8. The highest BCUT2D eigenvalue weighted by Gasteiger charge is 2.43. The number of aromatic nitrogens is 5. The number of rotatable bonds is 14. The normalized spacial score (nSPS) is 19.7. The number of halogens is 4. The van der Waals surface area contributed by atoms with E-state index < -0.39 is 23.7 Å². The molecule has 61 heavy (non-hydrogen) atoms. The maximum atomic E-state index is 14.3. The molecule has 7 rings (SSSR count). The van der Waals surface area contributed by atoms with Gasteiger partial charge >= 0.3 is 12.1 Å². The molecule has 3 amide bonds. The zero-order chi connectivity index (χ0) is 43.5. The SMILES string of the molecule is CNCCNc1ccc(-c2n[nH]c(C(F)(F)F)c2-c2cnc(C(=O)Nc3ccc(C(=O)N4CCN(C(=O)C5CC[N+](CC(=O)O)(CC6CNC6)CC5)CC4)c(Cl)c3)n2C)nc1. The van der Waals surface area contributed by atoms with Crippen LogP contribution >= 0.6 is 11.6 Å². The van der Waals surface area contributed by atoms with Crippen molar-refractivity contribution in [2.24, 2.45) is 18.9 Å². The van der Waals surface area contributed by atoms with Gasteiger partial charge < -0.3 is 45.2 Å². The first-order valence-corrected chi connectivity index (χ1v) is 20.5. The number of hydrogen-bond acceptors (Lipinski definition) is 10. The Labute approximate surface area is 354 Å². The minimum absolute atomic E-state index is 0.0327. The molecule has 6 N–H and O–H groups in total. The van der Waals surface area contributed by atoms with Gasteiger partial charge in [-0.25, -0.2) is 9.78 Å². The number of piperazine rings is 1. The second-order valence-corrected chi connectivity index (χ2v) is 16.3. The van der Waals surface area contributed by atoms with E-state index in [4.69, 9.17) is 11.6 Å². The smallest absolute Gasteiger partial charge is 0.433 e. The Kier molecular flexibility index (Phi) is 13.0. The van der Waals surface area contributed by atoms with E-state index in [-0.39, 0.29) is 69.0 Å². The summed E-state index contributed by atoms with van der Waals surface area (Å²) in [6, 6.07) is 7.61. The number of amides is 3. The molecule has 0 spiro atoms. The van der Waals surface area contributed by atoms with Crippen molar-refractivity contribution in [3.05, 3.63) is 64.8 Å². The Morgan fingerprint density at radius 2 is 1.67 bits per heavy atom. The molecule has 0 saturated carbocycles. The van der Waals surface area contributed by atoms with E-state index in [0.717, 1.165) is 25.8 Å². The monoisotopic (exact) mass is 869 g/mol. The van der Waals surface area contributed by atoms with E-state index in [2.05, 4.69) is 41.4 Å². The minimum Gasteiger partial charge on any atom is -0.477 e. The van der Waals surface area contributed by atoms with Crippen LogP contribution in [0.25, 0.3) is 22.6 Å². The predicted octanol–water partition coefficient (Wildman–Crippen LogP) is 3.24. The van der Waals surface area contributed by atoms with Crippen molar-refractivity contribution < 1.29 is 41.9 Å². The number of carboxylic acids is 1. The largest absolute Gasteiger partial charge is 0.477 e. The summed E-state index contributed by atoms with van der Waals surface area (Å²) < 4.78 is 44.5. The number of H-pyrrole nitrogens is 1. The zero-order valence-corrected chi connectivity index (χ0v) is 34.6. The molecule has 326 valence electrons. The third kappa shape index (κ3) is 9.66. The molecule has 3 fully saturated rings. The highest BCUT2D eigenvalue weighted by Crippen LogP contribution is 2.41. The van der Waals surface area contributed by atoms with E-state index in [0.29, 0.717) is 81.3 Å². The lowest BCUT2D eigenvalue weighted by Crippen LogP contribution is -2.62. The summed E-state index contributed by atoms with van der Waals surface area (Å²) in [4.78, 5) is 64.1. The van der Waals surface area contributed by atoms with Gasteiger partial charge in [0.05, 0.1) is 65.3 Å². The predicted molar refractivity (Wildman–Crippen MR) is 220 cm³/mol. The first kappa shape index (κ1) is 43.5. The average molecular weight is 870 g/mol. The van der Waals surface area contributed by atoms with Crippen LogP contribution in [0.4, 0.5) is 24.5 Å². The highest BCUT2D eigenvalue weighted by molar-refractivity contribution is 6.34. The van der Waals surface area contributed by atoms with Crippen molar-refractivity contribution in [3.8, 4) is 22.6 Å². The number of aliphatic carboxylic acids is 1. The van der Waals surface area contributed by atoms with Crippen LogP contribution in [-0.2, 0) is 22.8 Å². The molecular formula is C40H49ClF3N12O5+. The van der Waals surface area contributed by atoms with E-state index in [9.17, 15) is 37.5 Å². The molecule has 1 aromatic carbocycles. The van der Waals surface area contributed by atoms with Crippen LogP contribution in [0, 0.1) is 11.8 Å². The Hall–Kier alpha value is -5.57. The molecule has 3 aliphatic heterocycles. The van der Waals surface area contributed by atoms with E-state index in [1.54, 1.807) is 21.9 Å². The number of pyridine rings is 1. The van der Waals surface area contributed by atoms with Crippen molar-refractivity contribution in [1.82, 2.24) is 45.2 Å². The molecular weight excluding hydrogens is 821 g/mol. The number of carbonyl (C=O) groups is 4. The number of anilines is 2. The van der Waals surface area contributed by atoms with Gasteiger partial charge in [-0.15, -0.1) is 0 Å². The van der Waals surface area contributed by atoms with E-state index >= 15 is 0 Å². The number of hydrogen-bond donors (Lipinski definition) is 6. The van der Waals surface area contributed by atoms with Crippen LogP contribution in [-0.4, -0.2) is 153 Å². The van der Waals surface area contributed by atoms with Crippen LogP contribution < -0.4 is 21.3 Å². The van der Waals surface area contributed by atoms with Crippen molar-refractivity contribution >= 4 is 46.7 Å². The van der Waals surface area contributed by atoms with Gasteiger partial charge in [0.15, 0.2) is 12.4 Å². The third-order valence-corrected chi connectivity index (χ3v) is 12.1. The van der Waals surface area contributed by atoms with Gasteiger partial charge in [-0.1, -0.05) is 11.6 Å². The number of alkyl halides is 3. The van der Waals surface area contributed by atoms with Crippen LogP contribution in [0.3, 0.4) is 0 Å². The summed E-state index contributed by atoms with van der Waals surface area (Å²) in [7, 11) is 3.22. The van der Waals surface area contributed by atoms with Crippen molar-refractivity contribution in [3.63, 3.8) is 0 Å². The number of benzene rings is 1. The summed E-state index contributed by atoms with van der Waals surface area (Å²) in [5.41, 5.74) is -0.301. The van der Waals surface area contributed by atoms with Crippen LogP contribution in [0.2, 0.25) is 5.02 Å². The first-order chi connectivity index (χ1) is 29.2. The highest BCUT2D eigenvalue weighted by atomic mass is 35.5. The summed E-state index contributed by atoms with van der Waals surface area (Å²) in [5.74, 6) is -1.80. The fraction of sp³-hybridized carbons (Fsp3) is 0.475. The number of carboxylic acid groups (broad SMARTS) is 1. The number of carbonyl (C=O) groups excluding carboxylic acids is 3. The molecule has 0 atom stereocenters. The Morgan fingerprint density at radius 1 is 0.967 bits per heavy atom. The third-order valence-electron chi connectivity index (χ3n) is 11.8. The second-order valence-electron chi connectivity index (χ2n) is 15.9. The number of aromatic amines is 1. The van der Waals surface area contributed by atoms with Crippen molar-refractivity contribution in [2.75, 3.05) is 96.2 Å². The summed E-state index contributed by atoms with van der Waals surface area (Å²) >= 11 is 6.58. The quantitative estimate of drug-likeness (QED) is 0.0803. The van der Waals surface area contributed by atoms with Gasteiger partial charge in [-0.3, -0.25) is 24.5 Å². The Bertz CT molecular complexity index is 2250. The molecule has 0 aliphatic carbocycles. The molecule has 0 radical (unpaired) electrons. The number of nitrogens with zero attached hydrogens (tertiary/aromatic N) is 7. The molecule has 17 nitrogen and oxygen atoms in total. The molecule has 6 heterocycles. The fourth-order valence-corrected chi connectivity index (χ4v) is 8.66. The van der Waals surface area contributed by atoms with Crippen molar-refractivity contribution in [2.45, 2.75) is 19.0 Å². The number of piperidine rings is 1. The summed E-state index contributed by atoms with van der Waals surface area (Å²) in [6.45, 7) is 6.55. The molecule has 3 aromatic heterocycles. The zero-order valence-electron chi connectivity index (χ0n) is 33.8. The molecule has 0 bridgehead atoms. The fourth-order valence-electron chi connectivity index (χ4n) is 8.40. The number of likely N-dealkylation sites (N-methyl/N-ethyl adjacent to an activating group) is 1. The Morgan fingerprint density at radius 3 is 2.28 bits per heavy atom. The molecule has 21 heteroatoms. The Balaban J connectivity index is 0.966. The maximum Gasteiger partial charge on any atom is 0.433 e. The molecule has 0 unspecified atom stereocenters. The minimum atomic E-state index is -4.82. The lowest BCUT2D eigenvalue weighted by atomic mass is 9.90. The lowest BCUT2D eigenvalue weighted by Gasteiger charge is -2.46. The van der Waals surface area contributed by atoms with Gasteiger partial charge in [0, 0.05) is 89.8 Å². The van der Waals surface area contributed by atoms with Crippen molar-refractivity contribution in [1.29, 1.82) is 0 Å². The topological polar surface area (TPSA) is 202 Å².